The Bertz CT molecular complexity index is 2080. The Morgan fingerprint density at radius 1 is 1.07 bits per heavy atom. The van der Waals surface area contributed by atoms with Crippen LogP contribution in [0.25, 0.3) is 28.0 Å². The molecule has 17 heteroatoms. The number of nitrogens with zero attached hydrogens (tertiary/aromatic N) is 7. The molecule has 1 aromatic carbocycles. The van der Waals surface area contributed by atoms with Gasteiger partial charge in [0.15, 0.2) is 15.5 Å². The number of alkyl halides is 3. The number of H-pyrrole nitrogens is 1. The van der Waals surface area contributed by atoms with Gasteiger partial charge < -0.3 is 15.6 Å². The lowest BCUT2D eigenvalue weighted by atomic mass is 9.87. The first-order chi connectivity index (χ1) is 21.8. The highest BCUT2D eigenvalue weighted by atomic mass is 32.2. The van der Waals surface area contributed by atoms with Gasteiger partial charge in [0, 0.05) is 47.1 Å². The molecule has 1 amide bonds. The monoisotopic (exact) mass is 655 g/mol. The lowest BCUT2D eigenvalue weighted by Crippen LogP contribution is -2.46. The number of fused-ring (bicyclic) bond motifs is 3. The zero-order valence-corrected chi connectivity index (χ0v) is 24.8. The molecule has 2 aliphatic heterocycles. The Morgan fingerprint density at radius 2 is 1.80 bits per heavy atom. The van der Waals surface area contributed by atoms with E-state index < -0.39 is 27.4 Å². The molecule has 3 atom stereocenters. The van der Waals surface area contributed by atoms with E-state index in [-0.39, 0.29) is 63.0 Å². The predicted molar refractivity (Wildman–Crippen MR) is 155 cm³/mol. The molecular weight excluding hydrogens is 630 g/mol. The number of nitrogen functional groups attached to an aromatic ring is 1. The summed E-state index contributed by atoms with van der Waals surface area (Å²) < 4.78 is 80.9. The number of nitrogens with two attached hydrogens (primary N) is 1. The topological polar surface area (TPSA) is 165 Å². The van der Waals surface area contributed by atoms with Crippen molar-refractivity contribution in [3.05, 3.63) is 72.0 Å². The number of carbonyl (C=O) groups is 1. The van der Waals surface area contributed by atoms with Crippen molar-refractivity contribution in [1.29, 1.82) is 0 Å². The summed E-state index contributed by atoms with van der Waals surface area (Å²) in [6, 6.07) is 4.94. The smallest absolute Gasteiger partial charge is 0.382 e. The summed E-state index contributed by atoms with van der Waals surface area (Å²) in [6.45, 7) is 0. The van der Waals surface area contributed by atoms with Gasteiger partial charge >= 0.3 is 6.18 Å². The molecule has 0 aliphatic carbocycles. The lowest BCUT2D eigenvalue weighted by molar-refractivity contribution is -0.137. The number of aromatic nitrogens is 7. The molecule has 7 rings (SSSR count). The van der Waals surface area contributed by atoms with Gasteiger partial charge in [-0.3, -0.25) is 9.78 Å². The van der Waals surface area contributed by atoms with Crippen LogP contribution in [0.5, 0.6) is 0 Å². The molecule has 2 fully saturated rings. The number of amides is 1. The fourth-order valence-electron chi connectivity index (χ4n) is 6.65. The quantitative estimate of drug-likeness (QED) is 0.263. The highest BCUT2D eigenvalue weighted by Crippen LogP contribution is 2.45. The van der Waals surface area contributed by atoms with Crippen molar-refractivity contribution < 1.29 is 30.8 Å². The Balaban J connectivity index is 1.25. The molecule has 2 aliphatic rings. The Hall–Kier alpha value is -4.93. The van der Waals surface area contributed by atoms with E-state index in [1.54, 1.807) is 11.0 Å². The van der Waals surface area contributed by atoms with E-state index in [9.17, 15) is 30.8 Å². The summed E-state index contributed by atoms with van der Waals surface area (Å²) in [5.41, 5.74) is 6.85. The van der Waals surface area contributed by atoms with Gasteiger partial charge in [-0.1, -0.05) is 6.07 Å². The number of benzene rings is 1. The molecule has 6 heterocycles. The summed E-state index contributed by atoms with van der Waals surface area (Å²) in [5, 5.41) is 11.8. The molecule has 4 aromatic heterocycles. The number of pyridine rings is 1. The van der Waals surface area contributed by atoms with E-state index in [0.29, 0.717) is 30.0 Å². The van der Waals surface area contributed by atoms with Crippen molar-refractivity contribution in [2.75, 3.05) is 12.0 Å². The van der Waals surface area contributed by atoms with Crippen molar-refractivity contribution in [3.8, 4) is 22.4 Å². The normalized spacial score (nSPS) is 20.0. The first-order valence-electron chi connectivity index (χ1n) is 14.2. The van der Waals surface area contributed by atoms with Gasteiger partial charge in [0.25, 0.3) is 5.91 Å². The number of rotatable bonds is 5. The second-order valence-electron chi connectivity index (χ2n) is 11.5. The molecule has 0 unspecified atom stereocenters. The molecule has 46 heavy (non-hydrogen) atoms. The van der Waals surface area contributed by atoms with Crippen molar-refractivity contribution in [1.82, 2.24) is 39.7 Å². The van der Waals surface area contributed by atoms with Crippen molar-refractivity contribution in [3.63, 3.8) is 0 Å². The third-order valence-electron chi connectivity index (χ3n) is 8.65. The summed E-state index contributed by atoms with van der Waals surface area (Å²) in [4.78, 5) is 26.7. The van der Waals surface area contributed by atoms with Crippen LogP contribution in [0.4, 0.5) is 23.4 Å². The molecule has 5 aromatic rings. The maximum absolute atomic E-state index is 14.6. The van der Waals surface area contributed by atoms with Gasteiger partial charge in [-0.25, -0.2) is 17.8 Å². The van der Waals surface area contributed by atoms with Crippen LogP contribution >= 0.6 is 0 Å². The number of anilines is 1. The van der Waals surface area contributed by atoms with E-state index in [4.69, 9.17) is 10.7 Å². The number of nitrogens with one attached hydrogen (secondary N) is 1. The minimum atomic E-state index is -4.68. The van der Waals surface area contributed by atoms with E-state index in [0.717, 1.165) is 31.2 Å². The van der Waals surface area contributed by atoms with Crippen molar-refractivity contribution in [2.24, 2.45) is 0 Å². The summed E-state index contributed by atoms with van der Waals surface area (Å²) in [7, 11) is -3.86. The zero-order valence-electron chi connectivity index (χ0n) is 24.0. The van der Waals surface area contributed by atoms with Crippen LogP contribution in [0.2, 0.25) is 0 Å². The van der Waals surface area contributed by atoms with Crippen LogP contribution in [-0.2, 0) is 16.0 Å². The van der Waals surface area contributed by atoms with E-state index >= 15 is 0 Å². The predicted octanol–water partition coefficient (Wildman–Crippen LogP) is 4.27. The number of piperidine rings is 1. The molecular formula is C29H25F4N9O3S. The van der Waals surface area contributed by atoms with Crippen molar-refractivity contribution in [2.45, 2.75) is 54.8 Å². The molecule has 0 radical (unpaired) electrons. The van der Waals surface area contributed by atoms with Crippen LogP contribution in [0.3, 0.4) is 0 Å². The molecule has 238 valence electrons. The highest BCUT2D eigenvalue weighted by molar-refractivity contribution is 7.91. The maximum atomic E-state index is 14.6. The lowest BCUT2D eigenvalue weighted by Gasteiger charge is -2.38. The zero-order chi connectivity index (χ0) is 32.5. The maximum Gasteiger partial charge on any atom is 0.416 e. The number of hydrogen-bond acceptors (Lipinski definition) is 9. The molecule has 0 spiro atoms. The fraction of sp³-hybridized carbons (Fsp3) is 0.310. The minimum Gasteiger partial charge on any atom is -0.382 e. The molecule has 12 nitrogen and oxygen atoms in total. The van der Waals surface area contributed by atoms with Gasteiger partial charge in [0.1, 0.15) is 22.9 Å². The van der Waals surface area contributed by atoms with Gasteiger partial charge in [-0.2, -0.15) is 22.8 Å². The average Bonchev–Trinajstić information content (AvgIpc) is 3.74. The molecule has 2 saturated heterocycles. The van der Waals surface area contributed by atoms with Gasteiger partial charge in [-0.15, -0.1) is 10.2 Å². The molecule has 2 bridgehead atoms. The van der Waals surface area contributed by atoms with Crippen LogP contribution < -0.4 is 5.73 Å². The largest absolute Gasteiger partial charge is 0.416 e. The summed E-state index contributed by atoms with van der Waals surface area (Å²) in [5.74, 6) is -1.64. The van der Waals surface area contributed by atoms with Crippen LogP contribution in [0, 0.1) is 5.82 Å². The number of halogens is 4. The van der Waals surface area contributed by atoms with Gasteiger partial charge in [0.05, 0.1) is 23.1 Å². The number of aromatic amines is 1. The third kappa shape index (κ3) is 4.94. The fourth-order valence-corrected chi connectivity index (χ4v) is 7.71. The van der Waals surface area contributed by atoms with E-state index in [1.165, 1.54) is 29.3 Å². The standard InChI is InChI=1S/C29H25F4N9O3S/c1-46(44,45)24-23(15-8-17-4-5-18(9-15)41(17)28(43)26-36-13-37-40-26)39-27-20(12-38-42(27)25(24)34)14-2-7-22(35-11-14)19-6-3-16(10-21(19)30)29(31,32)33/h2-3,6-7,10-13,15,17-18H,4-5,8-9,34H2,1H3,(H,36,37,40)/t15-,17-,18+. The van der Waals surface area contributed by atoms with Crippen LogP contribution in [0.15, 0.2) is 53.9 Å². The Morgan fingerprint density at radius 3 is 2.39 bits per heavy atom. The van der Waals surface area contributed by atoms with Gasteiger partial charge in [0.2, 0.25) is 5.82 Å². The van der Waals surface area contributed by atoms with E-state index in [2.05, 4.69) is 25.3 Å². The second-order valence-corrected chi connectivity index (χ2v) is 13.5. The first kappa shape index (κ1) is 29.8. The third-order valence-corrected chi connectivity index (χ3v) is 9.81. The first-order valence-corrected chi connectivity index (χ1v) is 16.1. The van der Waals surface area contributed by atoms with Crippen molar-refractivity contribution >= 4 is 27.2 Å². The average molecular weight is 656 g/mol. The Kier molecular flexibility index (Phi) is 6.84. The summed E-state index contributed by atoms with van der Waals surface area (Å²) in [6.07, 6.45) is 2.95. The summed E-state index contributed by atoms with van der Waals surface area (Å²) >= 11 is 0. The number of hydrogen-bond donors (Lipinski definition) is 2. The van der Waals surface area contributed by atoms with Gasteiger partial charge in [-0.05, 0) is 49.9 Å². The number of sulfone groups is 1. The SMILES string of the molecule is CS(=O)(=O)c1c([C@@H]2C[C@H]3CC[C@@H](C2)N3C(=O)c2nnc[nH]2)nc2c(-c3ccc(-c4ccc(C(F)(F)F)cc4F)nc3)cnn2c1N. The van der Waals surface area contributed by atoms with Crippen LogP contribution in [-0.4, -0.2) is 72.3 Å². The van der Waals surface area contributed by atoms with E-state index in [1.807, 2.05) is 0 Å². The number of carbonyl (C=O) groups excluding carboxylic acids is 1. The second kappa shape index (κ2) is 10.6. The Labute approximate surface area is 258 Å². The highest BCUT2D eigenvalue weighted by Gasteiger charge is 2.46. The minimum absolute atomic E-state index is 0.107. The molecule has 0 saturated carbocycles. The van der Waals surface area contributed by atoms with Crippen LogP contribution in [0.1, 0.15) is 53.5 Å². The molecule has 3 N–H and O–H groups in total.